The number of carbonyl (C=O) groups is 2. The number of rotatable bonds is 2. The van der Waals surface area contributed by atoms with Crippen LogP contribution in [-0.2, 0) is 23.9 Å². The van der Waals surface area contributed by atoms with Crippen molar-refractivity contribution < 1.29 is 23.9 Å². The van der Waals surface area contributed by atoms with Gasteiger partial charge in [-0.1, -0.05) is 0 Å². The van der Waals surface area contributed by atoms with Crippen molar-refractivity contribution in [3.05, 3.63) is 0 Å². The molecule has 0 amide bonds. The van der Waals surface area contributed by atoms with E-state index < -0.39 is 29.1 Å². The Morgan fingerprint density at radius 2 is 1.83 bits per heavy atom. The van der Waals surface area contributed by atoms with Crippen molar-refractivity contribution in [2.24, 2.45) is 0 Å². The minimum Gasteiger partial charge on any atom is -0.468 e. The molecule has 1 aliphatic rings. The monoisotopic (exact) mass is 259 g/mol. The average Bonchev–Trinajstić information content (AvgIpc) is 2.66. The van der Waals surface area contributed by atoms with Gasteiger partial charge >= 0.3 is 11.9 Å². The topological polar surface area (TPSA) is 65.1 Å². The third-order valence-corrected chi connectivity index (χ3v) is 2.92. The number of hydrogen-bond acceptors (Lipinski definition) is 6. The number of esters is 2. The molecule has 104 valence electrons. The molecule has 0 aromatic heterocycles. The minimum absolute atomic E-state index is 0.212. The largest absolute Gasteiger partial charge is 0.468 e. The van der Waals surface area contributed by atoms with Gasteiger partial charge in [0.15, 0.2) is 5.60 Å². The molecule has 0 radical (unpaired) electrons. The first kappa shape index (κ1) is 14.9. The van der Waals surface area contributed by atoms with E-state index in [2.05, 4.69) is 0 Å². The fraction of sp³-hybridized carbons (Fsp3) is 0.833. The van der Waals surface area contributed by atoms with Gasteiger partial charge in [-0.2, -0.15) is 5.06 Å². The van der Waals surface area contributed by atoms with Crippen LogP contribution >= 0.6 is 0 Å². The average molecular weight is 259 g/mol. The molecule has 0 aromatic carbocycles. The molecule has 1 fully saturated rings. The molecule has 18 heavy (non-hydrogen) atoms. The van der Waals surface area contributed by atoms with Gasteiger partial charge < -0.3 is 9.47 Å². The predicted octanol–water partition coefficient (Wildman–Crippen LogP) is 0.895. The van der Waals surface area contributed by atoms with E-state index in [4.69, 9.17) is 14.3 Å². The predicted molar refractivity (Wildman–Crippen MR) is 63.5 cm³/mol. The molecule has 1 aliphatic heterocycles. The third-order valence-electron chi connectivity index (χ3n) is 2.92. The summed E-state index contributed by atoms with van der Waals surface area (Å²) in [5.41, 5.74) is -1.58. The van der Waals surface area contributed by atoms with Crippen LogP contribution in [0, 0.1) is 0 Å². The van der Waals surface area contributed by atoms with E-state index in [-0.39, 0.29) is 6.42 Å². The number of nitrogens with zero attached hydrogens (tertiary/aromatic N) is 1. The SMILES string of the molecule is COC(=O)C1CC(C)(C(=O)OC)ON1C(C)(C)C. The summed E-state index contributed by atoms with van der Waals surface area (Å²) in [4.78, 5) is 29.2. The van der Waals surface area contributed by atoms with Gasteiger partial charge in [0.25, 0.3) is 0 Å². The van der Waals surface area contributed by atoms with E-state index in [9.17, 15) is 9.59 Å². The van der Waals surface area contributed by atoms with Crippen molar-refractivity contribution in [2.45, 2.75) is 51.3 Å². The van der Waals surface area contributed by atoms with Gasteiger partial charge in [0.2, 0.25) is 0 Å². The van der Waals surface area contributed by atoms with Crippen LogP contribution in [0.25, 0.3) is 0 Å². The Bertz CT molecular complexity index is 349. The Kier molecular flexibility index (Phi) is 4.02. The van der Waals surface area contributed by atoms with Crippen LogP contribution in [0.2, 0.25) is 0 Å². The first-order valence-electron chi connectivity index (χ1n) is 5.80. The number of methoxy groups -OCH3 is 2. The highest BCUT2D eigenvalue weighted by atomic mass is 16.7. The maximum Gasteiger partial charge on any atom is 0.340 e. The van der Waals surface area contributed by atoms with E-state index in [0.29, 0.717) is 0 Å². The van der Waals surface area contributed by atoms with Gasteiger partial charge in [-0.15, -0.1) is 0 Å². The zero-order valence-electron chi connectivity index (χ0n) is 11.8. The standard InChI is InChI=1S/C12H21NO5/c1-11(2,3)13-8(9(14)16-5)7-12(4,18-13)10(15)17-6/h8H,7H2,1-6H3. The molecule has 0 spiro atoms. The molecule has 1 heterocycles. The van der Waals surface area contributed by atoms with Gasteiger partial charge in [0.05, 0.1) is 14.2 Å². The summed E-state index contributed by atoms with van der Waals surface area (Å²) in [6.07, 6.45) is 0.212. The summed E-state index contributed by atoms with van der Waals surface area (Å²) >= 11 is 0. The van der Waals surface area contributed by atoms with E-state index in [0.717, 1.165) is 0 Å². The van der Waals surface area contributed by atoms with Crippen molar-refractivity contribution >= 4 is 11.9 Å². The molecule has 0 N–H and O–H groups in total. The fourth-order valence-corrected chi connectivity index (χ4v) is 2.03. The summed E-state index contributed by atoms with van der Waals surface area (Å²) < 4.78 is 9.47. The lowest BCUT2D eigenvalue weighted by Gasteiger charge is -2.34. The molecule has 0 aromatic rings. The van der Waals surface area contributed by atoms with Gasteiger partial charge in [-0.05, 0) is 27.7 Å². The second kappa shape index (κ2) is 4.85. The molecule has 0 saturated carbocycles. The lowest BCUT2D eigenvalue weighted by Crippen LogP contribution is -2.48. The number of hydroxylamine groups is 2. The third kappa shape index (κ3) is 2.64. The molecular formula is C12H21NO5. The normalized spacial score (nSPS) is 29.1. The number of hydrogen-bond donors (Lipinski definition) is 0. The molecular weight excluding hydrogens is 238 g/mol. The zero-order valence-corrected chi connectivity index (χ0v) is 11.8. The zero-order chi connectivity index (χ0) is 14.1. The van der Waals surface area contributed by atoms with Crippen molar-refractivity contribution in [1.29, 1.82) is 0 Å². The molecule has 2 unspecified atom stereocenters. The highest BCUT2D eigenvalue weighted by molar-refractivity contribution is 5.83. The Morgan fingerprint density at radius 3 is 2.22 bits per heavy atom. The van der Waals surface area contributed by atoms with Gasteiger partial charge in [-0.3, -0.25) is 9.63 Å². The Balaban J connectivity index is 3.03. The molecule has 2 atom stereocenters. The molecule has 6 nitrogen and oxygen atoms in total. The van der Waals surface area contributed by atoms with Crippen molar-refractivity contribution in [3.8, 4) is 0 Å². The van der Waals surface area contributed by atoms with Crippen LogP contribution in [0.5, 0.6) is 0 Å². The van der Waals surface area contributed by atoms with Crippen LogP contribution in [0.15, 0.2) is 0 Å². The second-order valence-electron chi connectivity index (χ2n) is 5.55. The summed E-state index contributed by atoms with van der Waals surface area (Å²) in [7, 11) is 2.61. The van der Waals surface area contributed by atoms with E-state index >= 15 is 0 Å². The molecule has 0 bridgehead atoms. The van der Waals surface area contributed by atoms with E-state index in [1.165, 1.54) is 19.3 Å². The van der Waals surface area contributed by atoms with Gasteiger partial charge in [0, 0.05) is 12.0 Å². The summed E-state index contributed by atoms with van der Waals surface area (Å²) in [6.45, 7) is 7.30. The summed E-state index contributed by atoms with van der Waals surface area (Å²) in [6, 6.07) is -0.612. The van der Waals surface area contributed by atoms with Crippen LogP contribution in [-0.4, -0.2) is 48.4 Å². The summed E-state index contributed by atoms with van der Waals surface area (Å²) in [5.74, 6) is -0.916. The second-order valence-corrected chi connectivity index (χ2v) is 5.55. The van der Waals surface area contributed by atoms with Crippen molar-refractivity contribution in [3.63, 3.8) is 0 Å². The first-order chi connectivity index (χ1) is 8.15. The van der Waals surface area contributed by atoms with Crippen molar-refractivity contribution in [1.82, 2.24) is 5.06 Å². The van der Waals surface area contributed by atoms with E-state index in [1.54, 1.807) is 6.92 Å². The lowest BCUT2D eigenvalue weighted by atomic mass is 9.97. The molecule has 1 rings (SSSR count). The van der Waals surface area contributed by atoms with Gasteiger partial charge in [-0.25, -0.2) is 4.79 Å². The minimum atomic E-state index is -1.15. The Morgan fingerprint density at radius 1 is 1.28 bits per heavy atom. The highest BCUT2D eigenvalue weighted by Gasteiger charge is 2.54. The van der Waals surface area contributed by atoms with Crippen LogP contribution in [0.1, 0.15) is 34.1 Å². The molecule has 6 heteroatoms. The first-order valence-corrected chi connectivity index (χ1v) is 5.80. The molecule has 0 aliphatic carbocycles. The number of ether oxygens (including phenoxy) is 2. The maximum atomic E-state index is 11.8. The van der Waals surface area contributed by atoms with Crippen LogP contribution < -0.4 is 0 Å². The number of carbonyl (C=O) groups excluding carboxylic acids is 2. The Labute approximate surface area is 107 Å². The van der Waals surface area contributed by atoms with Crippen LogP contribution in [0.4, 0.5) is 0 Å². The quantitative estimate of drug-likeness (QED) is 0.686. The van der Waals surface area contributed by atoms with Gasteiger partial charge in [0.1, 0.15) is 6.04 Å². The van der Waals surface area contributed by atoms with Crippen molar-refractivity contribution in [2.75, 3.05) is 14.2 Å². The maximum absolute atomic E-state index is 11.8. The fourth-order valence-electron chi connectivity index (χ4n) is 2.03. The Hall–Kier alpha value is -1.14. The van der Waals surface area contributed by atoms with E-state index in [1.807, 2.05) is 20.8 Å². The summed E-state index contributed by atoms with van der Waals surface area (Å²) in [5, 5.41) is 1.51. The smallest absolute Gasteiger partial charge is 0.340 e. The lowest BCUT2D eigenvalue weighted by molar-refractivity contribution is -0.246. The molecule has 1 saturated heterocycles. The highest BCUT2D eigenvalue weighted by Crippen LogP contribution is 2.37. The van der Waals surface area contributed by atoms with Crippen LogP contribution in [0.3, 0.4) is 0 Å².